The minimum absolute atomic E-state index is 0.0187. The number of hydrogen-bond acceptors (Lipinski definition) is 4. The Labute approximate surface area is 232 Å². The first-order valence-electron chi connectivity index (χ1n) is 11.4. The molecule has 0 aliphatic carbocycles. The molecule has 0 spiro atoms. The SMILES string of the molecule is CCNC(=O)[C@H](C)N(Cc1ccc(Cl)cc1)C(=O)CN(c1ccc(Cl)cc1Cl)S(=O)(=O)c1ccccc1. The van der Waals surface area contributed by atoms with Crippen molar-refractivity contribution in [2.75, 3.05) is 17.4 Å². The summed E-state index contributed by atoms with van der Waals surface area (Å²) in [5.74, 6) is -0.967. The molecule has 0 saturated carbocycles. The highest BCUT2D eigenvalue weighted by atomic mass is 35.5. The molecule has 1 N–H and O–H groups in total. The molecule has 0 aliphatic rings. The average molecular weight is 583 g/mol. The van der Waals surface area contributed by atoms with Crippen LogP contribution in [-0.4, -0.2) is 44.3 Å². The predicted octanol–water partition coefficient (Wildman–Crippen LogP) is 5.40. The van der Waals surface area contributed by atoms with Gasteiger partial charge in [0.05, 0.1) is 15.6 Å². The van der Waals surface area contributed by atoms with Crippen molar-refractivity contribution in [1.82, 2.24) is 10.2 Å². The lowest BCUT2D eigenvalue weighted by Gasteiger charge is -2.32. The highest BCUT2D eigenvalue weighted by Crippen LogP contribution is 2.33. The average Bonchev–Trinajstić information content (AvgIpc) is 2.87. The van der Waals surface area contributed by atoms with Crippen LogP contribution < -0.4 is 9.62 Å². The summed E-state index contributed by atoms with van der Waals surface area (Å²) < 4.78 is 28.3. The molecule has 1 atom stereocenters. The standard InChI is InChI=1S/C26H26Cl3N3O4S/c1-3-30-26(34)18(2)31(16-19-9-11-20(27)12-10-19)25(33)17-32(24-14-13-21(28)15-23(24)29)37(35,36)22-7-5-4-6-8-22/h4-15,18H,3,16-17H2,1-2H3,(H,30,34)/t18-/m0/s1. The van der Waals surface area contributed by atoms with Crippen LogP contribution in [0.2, 0.25) is 15.1 Å². The van der Waals surface area contributed by atoms with Gasteiger partial charge in [-0.15, -0.1) is 0 Å². The van der Waals surface area contributed by atoms with Gasteiger partial charge in [-0.1, -0.05) is 65.1 Å². The van der Waals surface area contributed by atoms with E-state index in [1.807, 2.05) is 0 Å². The zero-order chi connectivity index (χ0) is 27.2. The minimum atomic E-state index is -4.21. The molecular weight excluding hydrogens is 557 g/mol. The van der Waals surface area contributed by atoms with Gasteiger partial charge >= 0.3 is 0 Å². The summed E-state index contributed by atoms with van der Waals surface area (Å²) in [6, 6.07) is 18.0. The zero-order valence-electron chi connectivity index (χ0n) is 20.2. The maximum absolute atomic E-state index is 13.7. The second-order valence-corrected chi connectivity index (χ2v) is 11.3. The third-order valence-corrected chi connectivity index (χ3v) is 8.14. The number of halogens is 3. The molecular formula is C26H26Cl3N3O4S. The summed E-state index contributed by atoms with van der Waals surface area (Å²) >= 11 is 18.4. The van der Waals surface area contributed by atoms with Gasteiger partial charge in [0.1, 0.15) is 12.6 Å². The number of likely N-dealkylation sites (N-methyl/N-ethyl adjacent to an activating group) is 1. The molecule has 37 heavy (non-hydrogen) atoms. The number of rotatable bonds is 10. The Morgan fingerprint density at radius 3 is 2.14 bits per heavy atom. The van der Waals surface area contributed by atoms with E-state index in [0.29, 0.717) is 16.6 Å². The number of anilines is 1. The van der Waals surface area contributed by atoms with Crippen molar-refractivity contribution in [3.05, 3.63) is 93.4 Å². The predicted molar refractivity (Wildman–Crippen MR) is 148 cm³/mol. The molecule has 0 unspecified atom stereocenters. The Kier molecular flexibility index (Phi) is 9.84. The summed E-state index contributed by atoms with van der Waals surface area (Å²) in [5.41, 5.74) is 0.802. The Morgan fingerprint density at radius 1 is 0.919 bits per heavy atom. The second kappa shape index (κ2) is 12.6. The largest absolute Gasteiger partial charge is 0.355 e. The second-order valence-electron chi connectivity index (χ2n) is 8.14. The van der Waals surface area contributed by atoms with Crippen LogP contribution in [0.15, 0.2) is 77.7 Å². The summed E-state index contributed by atoms with van der Waals surface area (Å²) in [6.07, 6.45) is 0. The summed E-state index contributed by atoms with van der Waals surface area (Å²) in [5, 5.41) is 3.60. The van der Waals surface area contributed by atoms with E-state index in [1.54, 1.807) is 56.3 Å². The molecule has 0 heterocycles. The van der Waals surface area contributed by atoms with E-state index in [2.05, 4.69) is 5.32 Å². The molecule has 0 bridgehead atoms. The highest BCUT2D eigenvalue weighted by molar-refractivity contribution is 7.92. The van der Waals surface area contributed by atoms with Crippen molar-refractivity contribution in [3.63, 3.8) is 0 Å². The number of hydrogen-bond donors (Lipinski definition) is 1. The zero-order valence-corrected chi connectivity index (χ0v) is 23.3. The van der Waals surface area contributed by atoms with Crippen LogP contribution >= 0.6 is 34.8 Å². The lowest BCUT2D eigenvalue weighted by Crippen LogP contribution is -2.51. The van der Waals surface area contributed by atoms with E-state index in [4.69, 9.17) is 34.8 Å². The van der Waals surface area contributed by atoms with Crippen LogP contribution in [0.5, 0.6) is 0 Å². The number of sulfonamides is 1. The molecule has 11 heteroatoms. The highest BCUT2D eigenvalue weighted by Gasteiger charge is 2.33. The molecule has 196 valence electrons. The molecule has 3 aromatic carbocycles. The molecule has 0 saturated heterocycles. The lowest BCUT2D eigenvalue weighted by molar-refractivity contribution is -0.139. The van der Waals surface area contributed by atoms with Gasteiger partial charge in [0.25, 0.3) is 10.0 Å². The van der Waals surface area contributed by atoms with Crippen molar-refractivity contribution >= 4 is 62.3 Å². The fraction of sp³-hybridized carbons (Fsp3) is 0.231. The van der Waals surface area contributed by atoms with Gasteiger partial charge in [-0.05, 0) is 61.9 Å². The van der Waals surface area contributed by atoms with E-state index in [9.17, 15) is 18.0 Å². The van der Waals surface area contributed by atoms with E-state index < -0.39 is 28.5 Å². The summed E-state index contributed by atoms with van der Waals surface area (Å²) in [6.45, 7) is 3.19. The topological polar surface area (TPSA) is 86.8 Å². The smallest absolute Gasteiger partial charge is 0.264 e. The van der Waals surface area contributed by atoms with Crippen molar-refractivity contribution in [1.29, 1.82) is 0 Å². The van der Waals surface area contributed by atoms with Crippen molar-refractivity contribution in [3.8, 4) is 0 Å². The Morgan fingerprint density at radius 2 is 1.54 bits per heavy atom. The first kappa shape index (κ1) is 28.8. The van der Waals surface area contributed by atoms with Crippen LogP contribution in [0.25, 0.3) is 0 Å². The number of carbonyl (C=O) groups is 2. The molecule has 0 fully saturated rings. The third kappa shape index (κ3) is 7.17. The van der Waals surface area contributed by atoms with Gasteiger partial charge in [0.2, 0.25) is 11.8 Å². The van der Waals surface area contributed by atoms with Gasteiger partial charge in [0.15, 0.2) is 0 Å². The quantitative estimate of drug-likeness (QED) is 0.347. The molecule has 3 rings (SSSR count). The van der Waals surface area contributed by atoms with Crippen LogP contribution in [-0.2, 0) is 26.2 Å². The van der Waals surface area contributed by atoms with Gasteiger partial charge in [-0.25, -0.2) is 8.42 Å². The first-order chi connectivity index (χ1) is 17.5. The van der Waals surface area contributed by atoms with Crippen LogP contribution in [0.1, 0.15) is 19.4 Å². The number of nitrogens with zero attached hydrogens (tertiary/aromatic N) is 2. The maximum atomic E-state index is 13.7. The Bertz CT molecular complexity index is 1350. The van der Waals surface area contributed by atoms with Crippen molar-refractivity contribution < 1.29 is 18.0 Å². The number of amides is 2. The van der Waals surface area contributed by atoms with E-state index in [-0.39, 0.29) is 28.1 Å². The molecule has 2 amide bonds. The van der Waals surface area contributed by atoms with E-state index in [0.717, 1.165) is 9.87 Å². The fourth-order valence-corrected chi connectivity index (χ4v) is 5.75. The number of carbonyl (C=O) groups excluding carboxylic acids is 2. The fourth-order valence-electron chi connectivity index (χ4n) is 3.61. The van der Waals surface area contributed by atoms with Crippen LogP contribution in [0.3, 0.4) is 0 Å². The Balaban J connectivity index is 2.04. The molecule has 3 aromatic rings. The van der Waals surface area contributed by atoms with Crippen molar-refractivity contribution in [2.45, 2.75) is 31.3 Å². The molecule has 7 nitrogen and oxygen atoms in total. The van der Waals surface area contributed by atoms with Crippen LogP contribution in [0.4, 0.5) is 5.69 Å². The minimum Gasteiger partial charge on any atom is -0.355 e. The van der Waals surface area contributed by atoms with E-state index in [1.165, 1.54) is 35.2 Å². The summed E-state index contributed by atoms with van der Waals surface area (Å²) in [4.78, 5) is 27.8. The van der Waals surface area contributed by atoms with Crippen LogP contribution in [0, 0.1) is 0 Å². The molecule has 0 radical (unpaired) electrons. The number of nitrogens with one attached hydrogen (secondary N) is 1. The molecule has 0 aromatic heterocycles. The first-order valence-corrected chi connectivity index (χ1v) is 14.0. The van der Waals surface area contributed by atoms with Gasteiger partial charge < -0.3 is 10.2 Å². The van der Waals surface area contributed by atoms with E-state index >= 15 is 0 Å². The van der Waals surface area contributed by atoms with Gasteiger partial charge in [-0.2, -0.15) is 0 Å². The summed E-state index contributed by atoms with van der Waals surface area (Å²) in [7, 11) is -4.21. The lowest BCUT2D eigenvalue weighted by atomic mass is 10.1. The monoisotopic (exact) mass is 581 g/mol. The number of benzene rings is 3. The Hall–Kier alpha value is -2.78. The van der Waals surface area contributed by atoms with Gasteiger partial charge in [0, 0.05) is 23.1 Å². The third-order valence-electron chi connectivity index (χ3n) is 5.57. The normalized spacial score (nSPS) is 12.0. The van der Waals surface area contributed by atoms with Gasteiger partial charge in [-0.3, -0.25) is 13.9 Å². The van der Waals surface area contributed by atoms with Crippen molar-refractivity contribution in [2.24, 2.45) is 0 Å². The maximum Gasteiger partial charge on any atom is 0.264 e. The molecule has 0 aliphatic heterocycles.